The van der Waals surface area contributed by atoms with Gasteiger partial charge in [-0.1, -0.05) is 6.92 Å². The number of rotatable bonds is 3. The molecule has 0 bridgehead atoms. The van der Waals surface area contributed by atoms with Crippen molar-refractivity contribution in [1.29, 1.82) is 0 Å². The second-order valence-electron chi connectivity index (χ2n) is 5.09. The summed E-state index contributed by atoms with van der Waals surface area (Å²) >= 11 is 1.50. The quantitative estimate of drug-likeness (QED) is 0.903. The molecule has 1 saturated heterocycles. The fourth-order valence-corrected chi connectivity index (χ4v) is 3.14. The zero-order chi connectivity index (χ0) is 13.0. The standard InChI is InChI=1S/C13H21N3OS/c1-10(11-4-3-5-14-9-11)8-12(17)15-13-16(2)6-7-18-13/h6-7,10-11,14H,3-5,8-9H2,1-2H3. The molecule has 0 aromatic carbocycles. The first-order valence-corrected chi connectivity index (χ1v) is 7.43. The molecule has 1 aliphatic rings. The van der Waals surface area contributed by atoms with E-state index < -0.39 is 0 Å². The van der Waals surface area contributed by atoms with Gasteiger partial charge in [-0.05, 0) is 37.8 Å². The summed E-state index contributed by atoms with van der Waals surface area (Å²) < 4.78 is 1.88. The molecule has 1 aromatic heterocycles. The number of aromatic nitrogens is 1. The van der Waals surface area contributed by atoms with Crippen molar-refractivity contribution < 1.29 is 4.79 Å². The minimum atomic E-state index is 0.00567. The maximum Gasteiger partial charge on any atom is 0.248 e. The number of nitrogens with zero attached hydrogens (tertiary/aromatic N) is 2. The van der Waals surface area contributed by atoms with Gasteiger partial charge in [0.05, 0.1) is 0 Å². The van der Waals surface area contributed by atoms with Crippen LogP contribution in [-0.4, -0.2) is 23.6 Å². The van der Waals surface area contributed by atoms with Crippen molar-refractivity contribution in [1.82, 2.24) is 9.88 Å². The molecule has 1 amide bonds. The number of carbonyl (C=O) groups excluding carboxylic acids is 1. The van der Waals surface area contributed by atoms with E-state index in [-0.39, 0.29) is 5.91 Å². The molecule has 100 valence electrons. The average Bonchev–Trinajstić information content (AvgIpc) is 2.76. The molecule has 2 heterocycles. The van der Waals surface area contributed by atoms with E-state index >= 15 is 0 Å². The molecule has 0 radical (unpaired) electrons. The molecule has 0 saturated carbocycles. The topological polar surface area (TPSA) is 46.4 Å². The molecule has 1 fully saturated rings. The van der Waals surface area contributed by atoms with Gasteiger partial charge in [0.15, 0.2) is 4.80 Å². The summed E-state index contributed by atoms with van der Waals surface area (Å²) in [6, 6.07) is 0. The van der Waals surface area contributed by atoms with E-state index in [1.54, 1.807) is 0 Å². The lowest BCUT2D eigenvalue weighted by Gasteiger charge is -2.27. The molecule has 18 heavy (non-hydrogen) atoms. The van der Waals surface area contributed by atoms with Crippen molar-refractivity contribution in [3.8, 4) is 0 Å². The number of nitrogens with one attached hydrogen (secondary N) is 1. The van der Waals surface area contributed by atoms with E-state index in [9.17, 15) is 4.79 Å². The van der Waals surface area contributed by atoms with Crippen LogP contribution in [0.15, 0.2) is 16.6 Å². The Labute approximate surface area is 112 Å². The number of piperidine rings is 1. The highest BCUT2D eigenvalue weighted by Crippen LogP contribution is 2.22. The summed E-state index contributed by atoms with van der Waals surface area (Å²) in [6.07, 6.45) is 4.93. The molecular weight excluding hydrogens is 246 g/mol. The highest BCUT2D eigenvalue weighted by atomic mass is 32.1. The maximum atomic E-state index is 11.9. The Hall–Kier alpha value is -0.940. The molecule has 2 rings (SSSR count). The van der Waals surface area contributed by atoms with Crippen molar-refractivity contribution in [3.63, 3.8) is 0 Å². The third-order valence-corrected chi connectivity index (χ3v) is 4.46. The Morgan fingerprint density at radius 2 is 2.56 bits per heavy atom. The number of hydrogen-bond acceptors (Lipinski definition) is 3. The van der Waals surface area contributed by atoms with E-state index in [2.05, 4.69) is 17.2 Å². The largest absolute Gasteiger partial charge is 0.327 e. The minimum absolute atomic E-state index is 0.00567. The lowest BCUT2D eigenvalue weighted by atomic mass is 9.85. The lowest BCUT2D eigenvalue weighted by molar-refractivity contribution is -0.119. The van der Waals surface area contributed by atoms with Crippen molar-refractivity contribution in [2.24, 2.45) is 23.9 Å². The lowest BCUT2D eigenvalue weighted by Crippen LogP contribution is -2.34. The number of amides is 1. The molecular formula is C13H21N3OS. The fraction of sp³-hybridized carbons (Fsp3) is 0.692. The van der Waals surface area contributed by atoms with Crippen molar-refractivity contribution >= 4 is 17.2 Å². The van der Waals surface area contributed by atoms with Crippen LogP contribution in [0.25, 0.3) is 0 Å². The summed E-state index contributed by atoms with van der Waals surface area (Å²) in [5.41, 5.74) is 0. The van der Waals surface area contributed by atoms with Crippen molar-refractivity contribution in [2.75, 3.05) is 13.1 Å². The van der Waals surface area contributed by atoms with Gasteiger partial charge >= 0.3 is 0 Å². The Balaban J connectivity index is 1.93. The highest BCUT2D eigenvalue weighted by molar-refractivity contribution is 7.07. The second-order valence-corrected chi connectivity index (χ2v) is 5.96. The summed E-state index contributed by atoms with van der Waals surface area (Å²) in [5, 5.41) is 5.34. The van der Waals surface area contributed by atoms with Crippen LogP contribution in [0.2, 0.25) is 0 Å². The third kappa shape index (κ3) is 3.53. The SMILES string of the molecule is CC(CC(=O)N=c1sccn1C)C1CCCNC1. The summed E-state index contributed by atoms with van der Waals surface area (Å²) in [6.45, 7) is 4.33. The molecule has 2 atom stereocenters. The van der Waals surface area contributed by atoms with Gasteiger partial charge in [-0.15, -0.1) is 11.3 Å². The molecule has 4 nitrogen and oxygen atoms in total. The number of carbonyl (C=O) groups is 1. The third-order valence-electron chi connectivity index (χ3n) is 3.62. The summed E-state index contributed by atoms with van der Waals surface area (Å²) in [5.74, 6) is 1.04. The fourth-order valence-electron chi connectivity index (χ4n) is 2.39. The van der Waals surface area contributed by atoms with E-state index in [1.165, 1.54) is 24.2 Å². The molecule has 1 aliphatic heterocycles. The number of hydrogen-bond donors (Lipinski definition) is 1. The normalized spacial score (nSPS) is 23.0. The van der Waals surface area contributed by atoms with Crippen LogP contribution < -0.4 is 10.1 Å². The van der Waals surface area contributed by atoms with Crippen LogP contribution in [0.1, 0.15) is 26.2 Å². The van der Waals surface area contributed by atoms with Gasteiger partial charge < -0.3 is 9.88 Å². The van der Waals surface area contributed by atoms with Crippen LogP contribution in [0.3, 0.4) is 0 Å². The van der Waals surface area contributed by atoms with E-state index in [0.29, 0.717) is 18.3 Å². The highest BCUT2D eigenvalue weighted by Gasteiger charge is 2.21. The molecule has 2 unspecified atom stereocenters. The van der Waals surface area contributed by atoms with Gasteiger partial charge in [0, 0.05) is 25.0 Å². The Kier molecular flexibility index (Phi) is 4.72. The number of thiazole rings is 1. The predicted molar refractivity (Wildman–Crippen MR) is 73.2 cm³/mol. The Morgan fingerprint density at radius 1 is 1.72 bits per heavy atom. The van der Waals surface area contributed by atoms with Crippen LogP contribution in [0.5, 0.6) is 0 Å². The molecule has 1 N–H and O–H groups in total. The molecule has 0 aliphatic carbocycles. The zero-order valence-corrected chi connectivity index (χ0v) is 11.9. The monoisotopic (exact) mass is 267 g/mol. The second kappa shape index (κ2) is 6.29. The van der Waals surface area contributed by atoms with Gasteiger partial charge in [0.2, 0.25) is 5.91 Å². The van der Waals surface area contributed by atoms with Crippen LogP contribution in [0.4, 0.5) is 0 Å². The predicted octanol–water partition coefficient (Wildman–Crippen LogP) is 1.54. The van der Waals surface area contributed by atoms with E-state index in [1.807, 2.05) is 23.2 Å². The summed E-state index contributed by atoms with van der Waals surface area (Å²) in [4.78, 5) is 16.9. The average molecular weight is 267 g/mol. The van der Waals surface area contributed by atoms with Gasteiger partial charge in [0.25, 0.3) is 0 Å². The van der Waals surface area contributed by atoms with Crippen LogP contribution in [0, 0.1) is 11.8 Å². The maximum absolute atomic E-state index is 11.9. The molecule has 0 spiro atoms. The van der Waals surface area contributed by atoms with Gasteiger partial charge in [-0.2, -0.15) is 4.99 Å². The van der Waals surface area contributed by atoms with Gasteiger partial charge in [-0.3, -0.25) is 4.79 Å². The van der Waals surface area contributed by atoms with Crippen molar-refractivity contribution in [2.45, 2.75) is 26.2 Å². The number of aryl methyl sites for hydroxylation is 1. The smallest absolute Gasteiger partial charge is 0.248 e. The van der Waals surface area contributed by atoms with Crippen LogP contribution in [-0.2, 0) is 11.8 Å². The van der Waals surface area contributed by atoms with E-state index in [0.717, 1.165) is 17.9 Å². The van der Waals surface area contributed by atoms with Crippen LogP contribution >= 0.6 is 11.3 Å². The van der Waals surface area contributed by atoms with Crippen molar-refractivity contribution in [3.05, 3.63) is 16.4 Å². The zero-order valence-electron chi connectivity index (χ0n) is 11.1. The van der Waals surface area contributed by atoms with E-state index in [4.69, 9.17) is 0 Å². The molecule has 1 aromatic rings. The first-order valence-electron chi connectivity index (χ1n) is 6.55. The summed E-state index contributed by atoms with van der Waals surface area (Å²) in [7, 11) is 1.91. The first-order chi connectivity index (χ1) is 8.66. The van der Waals surface area contributed by atoms with Gasteiger partial charge in [-0.25, -0.2) is 0 Å². The first kappa shape index (κ1) is 13.5. The van der Waals surface area contributed by atoms with Gasteiger partial charge in [0.1, 0.15) is 0 Å². The Bertz CT molecular complexity index is 457. The minimum Gasteiger partial charge on any atom is -0.327 e. The molecule has 5 heteroatoms. The Morgan fingerprint density at radius 3 is 3.17 bits per heavy atom.